The molecule has 3 heteroatoms. The second-order valence-corrected chi connectivity index (χ2v) is 9.18. The molecule has 0 saturated heterocycles. The van der Waals surface area contributed by atoms with Gasteiger partial charge in [-0.15, -0.1) is 0 Å². The Morgan fingerprint density at radius 2 is 1.68 bits per heavy atom. The lowest BCUT2D eigenvalue weighted by Crippen LogP contribution is -3.67. The maximum absolute atomic E-state index is 13.1. The third-order valence-corrected chi connectivity index (χ3v) is 8.19. The van der Waals surface area contributed by atoms with Crippen LogP contribution in [-0.4, -0.2) is 15.3 Å². The molecular weight excluding hydrogens is 387 g/mol. The second kappa shape index (κ2) is 6.03. The van der Waals surface area contributed by atoms with Crippen LogP contribution in [0.25, 0.3) is 0 Å². The smallest absolute Gasteiger partial charge is 0.329 e. The van der Waals surface area contributed by atoms with Crippen molar-refractivity contribution >= 4 is 5.78 Å². The molecule has 2 unspecified atom stereocenters. The number of para-hydroxylation sites is 1. The first-order valence-corrected chi connectivity index (χ1v) is 9.85. The minimum absolute atomic E-state index is 0.0522. The fourth-order valence-electron chi connectivity index (χ4n) is 2.63. The normalized spacial score (nSPS) is 24.0. The number of carbonyl (C=O) groups is 1. The van der Waals surface area contributed by atoms with Crippen molar-refractivity contribution in [3.05, 3.63) is 63.7 Å². The molecule has 0 saturated carbocycles. The van der Waals surface area contributed by atoms with Crippen molar-refractivity contribution in [2.45, 2.75) is 30.3 Å². The first-order valence-electron chi connectivity index (χ1n) is 7.53. The molecule has 0 spiro atoms. The molecule has 0 fully saturated rings. The number of hydrogen-bond acceptors (Lipinski definition) is 2. The van der Waals surface area contributed by atoms with E-state index < -0.39 is 26.8 Å². The van der Waals surface area contributed by atoms with Crippen LogP contribution in [0.2, 0.25) is 0 Å². The Kier molecular flexibility index (Phi) is 4.26. The number of halogens is 1. The summed E-state index contributed by atoms with van der Waals surface area (Å²) in [4.78, 5) is 13.1. The van der Waals surface area contributed by atoms with E-state index in [-0.39, 0.29) is 15.6 Å². The van der Waals surface area contributed by atoms with Crippen LogP contribution in [-0.2, 0) is 0 Å². The lowest BCUT2D eigenvalue weighted by atomic mass is 9.83. The van der Waals surface area contributed by atoms with Crippen LogP contribution >= 0.6 is 0 Å². The van der Waals surface area contributed by atoms with Gasteiger partial charge in [0.1, 0.15) is 5.75 Å². The Morgan fingerprint density at radius 3 is 2.36 bits per heavy atom. The number of benzene rings is 2. The van der Waals surface area contributed by atoms with E-state index in [1.165, 1.54) is 3.57 Å². The SMILES string of the molecule is CC(C)C1(C)Oc2ccccc2C(=O)C1[I+]c1ccccc1. The van der Waals surface area contributed by atoms with Gasteiger partial charge in [-0.05, 0) is 37.1 Å². The van der Waals surface area contributed by atoms with Crippen molar-refractivity contribution in [2.75, 3.05) is 0 Å². The van der Waals surface area contributed by atoms with Gasteiger partial charge in [0.05, 0.1) is 5.56 Å². The minimum Gasteiger partial charge on any atom is -0.481 e. The monoisotopic (exact) mass is 407 g/mol. The Morgan fingerprint density at radius 1 is 1.05 bits per heavy atom. The van der Waals surface area contributed by atoms with Crippen LogP contribution in [0.4, 0.5) is 0 Å². The van der Waals surface area contributed by atoms with Crippen molar-refractivity contribution in [1.82, 2.24) is 0 Å². The average molecular weight is 407 g/mol. The summed E-state index contributed by atoms with van der Waals surface area (Å²) in [5.74, 6) is 1.25. The Balaban J connectivity index is 2.03. The molecule has 0 N–H and O–H groups in total. The summed E-state index contributed by atoms with van der Waals surface area (Å²) < 4.78 is 7.58. The third-order valence-electron chi connectivity index (χ3n) is 4.33. The van der Waals surface area contributed by atoms with Crippen molar-refractivity contribution in [2.24, 2.45) is 5.92 Å². The largest absolute Gasteiger partial charge is 0.481 e. The molecule has 1 aliphatic heterocycles. The zero-order valence-electron chi connectivity index (χ0n) is 13.0. The first kappa shape index (κ1) is 15.5. The first-order chi connectivity index (χ1) is 10.5. The maximum Gasteiger partial charge on any atom is 0.329 e. The Labute approximate surface area is 142 Å². The van der Waals surface area contributed by atoms with Gasteiger partial charge in [-0.25, -0.2) is 0 Å². The molecule has 2 atom stereocenters. The summed E-state index contributed by atoms with van der Waals surface area (Å²) in [7, 11) is 0. The van der Waals surface area contributed by atoms with Crippen molar-refractivity contribution < 1.29 is 30.7 Å². The van der Waals surface area contributed by atoms with Crippen LogP contribution in [0.15, 0.2) is 54.6 Å². The molecular formula is C19H20IO2+. The lowest BCUT2D eigenvalue weighted by molar-refractivity contribution is -0.663. The van der Waals surface area contributed by atoms with Gasteiger partial charge >= 0.3 is 21.2 Å². The van der Waals surface area contributed by atoms with Crippen LogP contribution in [0.1, 0.15) is 31.1 Å². The van der Waals surface area contributed by atoms with E-state index in [4.69, 9.17) is 4.74 Å². The minimum atomic E-state index is -0.458. The fourth-order valence-corrected chi connectivity index (χ4v) is 6.26. The molecule has 0 aromatic heterocycles. The van der Waals surface area contributed by atoms with E-state index >= 15 is 0 Å². The van der Waals surface area contributed by atoms with Gasteiger partial charge in [0, 0.05) is 0 Å². The fraction of sp³-hybridized carbons (Fsp3) is 0.316. The van der Waals surface area contributed by atoms with E-state index in [1.807, 2.05) is 42.5 Å². The summed E-state index contributed by atoms with van der Waals surface area (Å²) in [6, 6.07) is 18.0. The highest BCUT2D eigenvalue weighted by Crippen LogP contribution is 2.35. The van der Waals surface area contributed by atoms with Gasteiger partial charge in [0.2, 0.25) is 5.78 Å². The van der Waals surface area contributed by atoms with E-state index in [2.05, 4.69) is 32.9 Å². The van der Waals surface area contributed by atoms with E-state index in [0.717, 1.165) is 11.3 Å². The molecule has 2 nitrogen and oxygen atoms in total. The molecule has 0 aliphatic carbocycles. The van der Waals surface area contributed by atoms with Gasteiger partial charge in [0.15, 0.2) is 9.17 Å². The lowest BCUT2D eigenvalue weighted by Gasteiger charge is -2.38. The summed E-state index contributed by atoms with van der Waals surface area (Å²) in [6.45, 7) is 6.38. The molecule has 22 heavy (non-hydrogen) atoms. The van der Waals surface area contributed by atoms with Gasteiger partial charge in [-0.1, -0.05) is 44.2 Å². The molecule has 0 bridgehead atoms. The highest BCUT2D eigenvalue weighted by molar-refractivity contribution is 6.03. The maximum atomic E-state index is 13.1. The Bertz CT molecular complexity index is 681. The van der Waals surface area contributed by atoms with Crippen LogP contribution < -0.4 is 25.9 Å². The molecule has 0 amide bonds. The molecule has 3 rings (SSSR count). The van der Waals surface area contributed by atoms with Gasteiger partial charge in [0.25, 0.3) is 3.92 Å². The predicted octanol–water partition coefficient (Wildman–Crippen LogP) is 1.00. The number of ether oxygens (including phenoxy) is 1. The predicted molar refractivity (Wildman–Crippen MR) is 83.6 cm³/mol. The highest BCUT2D eigenvalue weighted by atomic mass is 127. The number of ketones is 1. The van der Waals surface area contributed by atoms with E-state index in [1.54, 1.807) is 0 Å². The van der Waals surface area contributed by atoms with Crippen LogP contribution in [0.3, 0.4) is 0 Å². The number of rotatable bonds is 3. The van der Waals surface area contributed by atoms with Crippen molar-refractivity contribution in [1.29, 1.82) is 0 Å². The molecule has 1 aliphatic rings. The molecule has 2 aromatic carbocycles. The highest BCUT2D eigenvalue weighted by Gasteiger charge is 2.56. The number of alkyl halides is 1. The number of Topliss-reactive ketones (excluding diaryl/α,β-unsaturated/α-hetero) is 1. The Hall–Kier alpha value is -1.36. The molecule has 1 heterocycles. The summed E-state index contributed by atoms with van der Waals surface area (Å²) in [6.07, 6.45) is 0. The van der Waals surface area contributed by atoms with E-state index in [0.29, 0.717) is 0 Å². The second-order valence-electron chi connectivity index (χ2n) is 6.07. The number of fused-ring (bicyclic) bond motifs is 1. The number of carbonyl (C=O) groups excluding carboxylic acids is 1. The zero-order chi connectivity index (χ0) is 15.7. The van der Waals surface area contributed by atoms with Gasteiger partial charge < -0.3 is 4.74 Å². The quantitative estimate of drug-likeness (QED) is 0.561. The topological polar surface area (TPSA) is 26.3 Å². The standard InChI is InChI=1S/C19H20IO2/c1-13(2)19(3)18(20-14-9-5-4-6-10-14)17(21)15-11-7-8-12-16(15)22-19/h4-13,18H,1-3H3/q+1. The summed E-state index contributed by atoms with van der Waals surface area (Å²) >= 11 is -0.458. The number of hydrogen-bond donors (Lipinski definition) is 0. The summed E-state index contributed by atoms with van der Waals surface area (Å²) in [5.41, 5.74) is 0.301. The van der Waals surface area contributed by atoms with Crippen LogP contribution in [0, 0.1) is 9.49 Å². The third kappa shape index (κ3) is 2.67. The molecule has 114 valence electrons. The van der Waals surface area contributed by atoms with Crippen LogP contribution in [0.5, 0.6) is 5.75 Å². The van der Waals surface area contributed by atoms with Gasteiger partial charge in [-0.2, -0.15) is 0 Å². The van der Waals surface area contributed by atoms with Gasteiger partial charge in [-0.3, -0.25) is 4.79 Å². The zero-order valence-corrected chi connectivity index (χ0v) is 15.2. The molecule has 2 aromatic rings. The van der Waals surface area contributed by atoms with Crippen molar-refractivity contribution in [3.63, 3.8) is 0 Å². The van der Waals surface area contributed by atoms with Crippen molar-refractivity contribution in [3.8, 4) is 5.75 Å². The molecule has 0 radical (unpaired) electrons. The summed E-state index contributed by atoms with van der Waals surface area (Å²) in [5, 5.41) is 0. The van der Waals surface area contributed by atoms with E-state index in [9.17, 15) is 4.79 Å². The average Bonchev–Trinajstić information content (AvgIpc) is 2.52.